The number of ether oxygens (including phenoxy) is 1. The van der Waals surface area contributed by atoms with Gasteiger partial charge in [-0.15, -0.1) is 0 Å². The molecule has 1 N–H and O–H groups in total. The van der Waals surface area contributed by atoms with Gasteiger partial charge in [0, 0.05) is 24.1 Å². The lowest BCUT2D eigenvalue weighted by Gasteiger charge is -2.27. The molecule has 7 nitrogen and oxygen atoms in total. The van der Waals surface area contributed by atoms with Crippen LogP contribution in [-0.4, -0.2) is 51.5 Å². The highest BCUT2D eigenvalue weighted by molar-refractivity contribution is 7.90. The van der Waals surface area contributed by atoms with Crippen LogP contribution in [0.3, 0.4) is 0 Å². The number of likely N-dealkylation sites (N-methyl/N-ethyl adjacent to an activating group) is 1. The molecule has 8 heteroatoms. The molecule has 0 aliphatic carbocycles. The monoisotopic (exact) mass is 494 g/mol. The lowest BCUT2D eigenvalue weighted by Crippen LogP contribution is -2.35. The van der Waals surface area contributed by atoms with Gasteiger partial charge in [-0.2, -0.15) is 0 Å². The zero-order chi connectivity index (χ0) is 25.4. The Hall–Kier alpha value is -3.49. The topological polar surface area (TPSA) is 92.8 Å². The molecule has 0 aliphatic rings. The van der Waals surface area contributed by atoms with Crippen molar-refractivity contribution in [1.29, 1.82) is 0 Å². The van der Waals surface area contributed by atoms with Crippen LogP contribution in [0.4, 0.5) is 5.69 Å². The molecule has 1 unspecified atom stereocenters. The molecule has 0 heterocycles. The molecule has 0 spiro atoms. The summed E-state index contributed by atoms with van der Waals surface area (Å²) in [5, 5.41) is 2.93. The van der Waals surface area contributed by atoms with Crippen LogP contribution in [0.1, 0.15) is 35.3 Å². The number of sulfone groups is 1. The number of Topliss-reactive ketones (excluding diaryl/α,β-unsaturated/α-hetero) is 1. The first-order valence-corrected chi connectivity index (χ1v) is 13.1. The van der Waals surface area contributed by atoms with Crippen LogP contribution in [0.25, 0.3) is 0 Å². The van der Waals surface area contributed by atoms with Crippen LogP contribution in [-0.2, 0) is 14.6 Å². The van der Waals surface area contributed by atoms with Gasteiger partial charge in [-0.1, -0.05) is 48.5 Å². The summed E-state index contributed by atoms with van der Waals surface area (Å²) in [6.07, 6.45) is 1.78. The average Bonchev–Trinajstić information content (AvgIpc) is 2.82. The standard InChI is InChI=1S/C27H30N2O5S/c1-20(30)22-12-7-13-23(18-22)28-27(31)26(21-10-5-4-6-11-21)29(2)16-9-17-34-24-14-8-15-25(19-24)35(3,32)33/h4-8,10-15,18-19,26H,9,16-17H2,1-3H3,(H,28,31). The van der Waals surface area contributed by atoms with Gasteiger partial charge in [0.25, 0.3) is 0 Å². The Bertz CT molecular complexity index is 1280. The molecular formula is C27H30N2O5S. The van der Waals surface area contributed by atoms with Crippen LogP contribution in [0.5, 0.6) is 5.75 Å². The number of hydrogen-bond donors (Lipinski definition) is 1. The Morgan fingerprint density at radius 2 is 1.69 bits per heavy atom. The molecule has 0 saturated carbocycles. The number of anilines is 1. The molecule has 1 atom stereocenters. The third-order valence-electron chi connectivity index (χ3n) is 5.50. The van der Waals surface area contributed by atoms with Crippen LogP contribution < -0.4 is 10.1 Å². The Morgan fingerprint density at radius 3 is 2.37 bits per heavy atom. The molecule has 3 aromatic carbocycles. The minimum atomic E-state index is -3.31. The SMILES string of the molecule is CC(=O)c1cccc(NC(=O)C(c2ccccc2)N(C)CCCOc2cccc(S(C)(=O)=O)c2)c1. The Balaban J connectivity index is 1.66. The predicted octanol–water partition coefficient (Wildman–Crippen LogP) is 4.37. The fourth-order valence-electron chi connectivity index (χ4n) is 3.70. The van der Waals surface area contributed by atoms with Gasteiger partial charge in [0.1, 0.15) is 11.8 Å². The van der Waals surface area contributed by atoms with E-state index in [9.17, 15) is 18.0 Å². The maximum absolute atomic E-state index is 13.3. The van der Waals surface area contributed by atoms with Crippen molar-refractivity contribution in [2.45, 2.75) is 24.3 Å². The summed E-state index contributed by atoms with van der Waals surface area (Å²) in [7, 11) is -1.44. The fourth-order valence-corrected chi connectivity index (χ4v) is 4.35. The van der Waals surface area contributed by atoms with Crippen molar-refractivity contribution in [3.8, 4) is 5.75 Å². The molecule has 1 amide bonds. The number of benzene rings is 3. The van der Waals surface area contributed by atoms with Crippen molar-refractivity contribution in [1.82, 2.24) is 4.90 Å². The highest BCUT2D eigenvalue weighted by Crippen LogP contribution is 2.23. The van der Waals surface area contributed by atoms with Crippen LogP contribution in [0.2, 0.25) is 0 Å². The summed E-state index contributed by atoms with van der Waals surface area (Å²) < 4.78 is 29.2. The van der Waals surface area contributed by atoms with Gasteiger partial charge in [0.05, 0.1) is 11.5 Å². The summed E-state index contributed by atoms with van der Waals surface area (Å²) in [6, 6.07) is 22.2. The highest BCUT2D eigenvalue weighted by Gasteiger charge is 2.25. The maximum Gasteiger partial charge on any atom is 0.246 e. The highest BCUT2D eigenvalue weighted by atomic mass is 32.2. The van der Waals surface area contributed by atoms with Crippen molar-refractivity contribution >= 4 is 27.2 Å². The first kappa shape index (κ1) is 26.1. The number of carbonyl (C=O) groups is 2. The summed E-state index contributed by atoms with van der Waals surface area (Å²) in [5.74, 6) is 0.208. The largest absolute Gasteiger partial charge is 0.494 e. The van der Waals surface area contributed by atoms with E-state index in [1.54, 1.807) is 36.4 Å². The molecule has 35 heavy (non-hydrogen) atoms. The fraction of sp³-hybridized carbons (Fsp3) is 0.259. The number of rotatable bonds is 11. The van der Waals surface area contributed by atoms with E-state index in [4.69, 9.17) is 4.74 Å². The van der Waals surface area contributed by atoms with Gasteiger partial charge in [0.15, 0.2) is 15.6 Å². The van der Waals surface area contributed by atoms with Crippen molar-refractivity contribution in [3.05, 3.63) is 90.0 Å². The van der Waals surface area contributed by atoms with Gasteiger partial charge >= 0.3 is 0 Å². The third-order valence-corrected chi connectivity index (χ3v) is 6.61. The first-order chi connectivity index (χ1) is 16.6. The van der Waals surface area contributed by atoms with Crippen LogP contribution in [0.15, 0.2) is 83.8 Å². The minimum absolute atomic E-state index is 0.0695. The van der Waals surface area contributed by atoms with Gasteiger partial charge in [-0.05, 0) is 56.3 Å². The lowest BCUT2D eigenvalue weighted by atomic mass is 10.0. The number of ketones is 1. The van der Waals surface area contributed by atoms with E-state index in [0.29, 0.717) is 36.6 Å². The summed E-state index contributed by atoms with van der Waals surface area (Å²) >= 11 is 0. The second-order valence-corrected chi connectivity index (χ2v) is 10.4. The second-order valence-electron chi connectivity index (χ2n) is 8.37. The molecule has 0 radical (unpaired) electrons. The van der Waals surface area contributed by atoms with Crippen molar-refractivity contribution in [3.63, 3.8) is 0 Å². The number of amides is 1. The molecule has 0 bridgehead atoms. The number of carbonyl (C=O) groups excluding carboxylic acids is 2. The molecule has 0 aliphatic heterocycles. The number of hydrogen-bond acceptors (Lipinski definition) is 6. The Kier molecular flexibility index (Phi) is 8.78. The lowest BCUT2D eigenvalue weighted by molar-refractivity contribution is -0.121. The number of nitrogens with one attached hydrogen (secondary N) is 1. The van der Waals surface area contributed by atoms with E-state index in [1.165, 1.54) is 19.1 Å². The van der Waals surface area contributed by atoms with E-state index >= 15 is 0 Å². The van der Waals surface area contributed by atoms with Gasteiger partial charge in [-0.3, -0.25) is 14.5 Å². The Labute approximate surface area is 206 Å². The molecule has 184 valence electrons. The van der Waals surface area contributed by atoms with Crippen LogP contribution in [0, 0.1) is 0 Å². The zero-order valence-corrected chi connectivity index (χ0v) is 20.9. The predicted molar refractivity (Wildman–Crippen MR) is 137 cm³/mol. The second kappa shape index (κ2) is 11.8. The Morgan fingerprint density at radius 1 is 0.971 bits per heavy atom. The van der Waals surface area contributed by atoms with E-state index < -0.39 is 15.9 Å². The zero-order valence-electron chi connectivity index (χ0n) is 20.1. The van der Waals surface area contributed by atoms with Gasteiger partial charge in [0.2, 0.25) is 5.91 Å². The molecule has 0 saturated heterocycles. The maximum atomic E-state index is 13.3. The average molecular weight is 495 g/mol. The normalized spacial score (nSPS) is 12.2. The summed E-state index contributed by atoms with van der Waals surface area (Å²) in [5.41, 5.74) is 1.94. The van der Waals surface area contributed by atoms with E-state index in [0.717, 1.165) is 11.8 Å². The van der Waals surface area contributed by atoms with Crippen molar-refractivity contribution in [2.75, 3.05) is 31.8 Å². The minimum Gasteiger partial charge on any atom is -0.494 e. The molecule has 3 rings (SSSR count). The van der Waals surface area contributed by atoms with E-state index in [1.807, 2.05) is 42.3 Å². The first-order valence-electron chi connectivity index (χ1n) is 11.2. The van der Waals surface area contributed by atoms with E-state index in [2.05, 4.69) is 5.32 Å². The molecule has 0 aromatic heterocycles. The molecular weight excluding hydrogens is 464 g/mol. The number of nitrogens with zero attached hydrogens (tertiary/aromatic N) is 1. The summed E-state index contributed by atoms with van der Waals surface area (Å²) in [4.78, 5) is 27.1. The van der Waals surface area contributed by atoms with E-state index in [-0.39, 0.29) is 16.6 Å². The quantitative estimate of drug-likeness (QED) is 0.314. The smallest absolute Gasteiger partial charge is 0.246 e. The van der Waals surface area contributed by atoms with Crippen molar-refractivity contribution in [2.24, 2.45) is 0 Å². The molecule has 3 aromatic rings. The molecule has 0 fully saturated rings. The van der Waals surface area contributed by atoms with Gasteiger partial charge < -0.3 is 10.1 Å². The van der Waals surface area contributed by atoms with Crippen LogP contribution >= 0.6 is 0 Å². The van der Waals surface area contributed by atoms with Gasteiger partial charge in [-0.25, -0.2) is 8.42 Å². The van der Waals surface area contributed by atoms with Crippen molar-refractivity contribution < 1.29 is 22.7 Å². The summed E-state index contributed by atoms with van der Waals surface area (Å²) in [6.45, 7) is 2.41. The third kappa shape index (κ3) is 7.50.